The third kappa shape index (κ3) is 4.72. The third-order valence-corrected chi connectivity index (χ3v) is 3.45. The number of hydrogen-bond acceptors (Lipinski definition) is 6. The zero-order chi connectivity index (χ0) is 17.6. The van der Waals surface area contributed by atoms with E-state index < -0.39 is 0 Å². The number of aromatic nitrogens is 5. The molecule has 2 aromatic heterocycles. The van der Waals surface area contributed by atoms with E-state index in [1.165, 1.54) is 0 Å². The van der Waals surface area contributed by atoms with Crippen LogP contribution in [0.5, 0.6) is 0 Å². The first-order valence-corrected chi connectivity index (χ1v) is 8.19. The van der Waals surface area contributed by atoms with Gasteiger partial charge in [-0.1, -0.05) is 49.3 Å². The number of carbonyl (C=O) groups excluding carboxylic acids is 1. The summed E-state index contributed by atoms with van der Waals surface area (Å²) in [7, 11) is 0. The minimum atomic E-state index is -0.199. The van der Waals surface area contributed by atoms with E-state index in [2.05, 4.69) is 44.5 Å². The SMILES string of the molecule is CC(C)Cc1nc(NC(=O)CCc2nc(-c3ccccc3)no2)n[nH]1. The summed E-state index contributed by atoms with van der Waals surface area (Å²) >= 11 is 0. The first-order chi connectivity index (χ1) is 12.1. The molecule has 0 unspecified atom stereocenters. The van der Waals surface area contributed by atoms with Crippen LogP contribution in [0.3, 0.4) is 0 Å². The molecule has 1 amide bonds. The van der Waals surface area contributed by atoms with E-state index in [0.717, 1.165) is 17.8 Å². The average Bonchev–Trinajstić information content (AvgIpc) is 3.23. The minimum absolute atomic E-state index is 0.199. The van der Waals surface area contributed by atoms with Crippen molar-refractivity contribution in [2.45, 2.75) is 33.1 Å². The van der Waals surface area contributed by atoms with Crippen LogP contribution < -0.4 is 5.32 Å². The van der Waals surface area contributed by atoms with Crippen LogP contribution in [-0.2, 0) is 17.6 Å². The molecule has 8 heteroatoms. The summed E-state index contributed by atoms with van der Waals surface area (Å²) < 4.78 is 5.19. The zero-order valence-corrected chi connectivity index (χ0v) is 14.2. The summed E-state index contributed by atoms with van der Waals surface area (Å²) in [5, 5.41) is 13.4. The largest absolute Gasteiger partial charge is 0.339 e. The standard InChI is InChI=1S/C17H20N6O2/c1-11(2)10-13-18-17(22-21-13)19-14(24)8-9-15-20-16(23-25-15)12-6-4-3-5-7-12/h3-7,11H,8-10H2,1-2H3,(H2,18,19,21,22,24). The number of aromatic amines is 1. The molecule has 0 fully saturated rings. The number of anilines is 1. The first kappa shape index (κ1) is 16.8. The van der Waals surface area contributed by atoms with Gasteiger partial charge < -0.3 is 4.52 Å². The van der Waals surface area contributed by atoms with Crippen molar-refractivity contribution in [3.05, 3.63) is 42.0 Å². The van der Waals surface area contributed by atoms with E-state index in [4.69, 9.17) is 4.52 Å². The number of H-pyrrole nitrogens is 1. The van der Waals surface area contributed by atoms with Gasteiger partial charge in [-0.25, -0.2) is 0 Å². The number of benzene rings is 1. The summed E-state index contributed by atoms with van der Waals surface area (Å²) in [5.41, 5.74) is 0.875. The van der Waals surface area contributed by atoms with Gasteiger partial charge in [0.1, 0.15) is 5.82 Å². The van der Waals surface area contributed by atoms with Crippen molar-refractivity contribution in [1.29, 1.82) is 0 Å². The maximum absolute atomic E-state index is 12.0. The van der Waals surface area contributed by atoms with Crippen LogP contribution in [-0.4, -0.2) is 31.2 Å². The highest BCUT2D eigenvalue weighted by atomic mass is 16.5. The van der Waals surface area contributed by atoms with Crippen molar-refractivity contribution in [3.63, 3.8) is 0 Å². The second kappa shape index (κ2) is 7.69. The Balaban J connectivity index is 1.51. The Bertz CT molecular complexity index is 825. The first-order valence-electron chi connectivity index (χ1n) is 8.19. The Morgan fingerprint density at radius 2 is 2.04 bits per heavy atom. The highest BCUT2D eigenvalue weighted by Gasteiger charge is 2.12. The predicted molar refractivity (Wildman–Crippen MR) is 91.6 cm³/mol. The summed E-state index contributed by atoms with van der Waals surface area (Å²) in [4.78, 5) is 20.5. The van der Waals surface area contributed by atoms with E-state index in [1.807, 2.05) is 30.3 Å². The zero-order valence-electron chi connectivity index (χ0n) is 14.2. The van der Waals surface area contributed by atoms with Crippen LogP contribution in [0, 0.1) is 5.92 Å². The summed E-state index contributed by atoms with van der Waals surface area (Å²) in [5.74, 6) is 2.25. The molecule has 8 nitrogen and oxygen atoms in total. The van der Waals surface area contributed by atoms with E-state index in [1.54, 1.807) is 0 Å². The molecule has 3 aromatic rings. The highest BCUT2D eigenvalue weighted by molar-refractivity contribution is 5.88. The number of carbonyl (C=O) groups is 1. The van der Waals surface area contributed by atoms with Crippen molar-refractivity contribution < 1.29 is 9.32 Å². The fraction of sp³-hybridized carbons (Fsp3) is 0.353. The topological polar surface area (TPSA) is 110 Å². The molecule has 0 spiro atoms. The maximum atomic E-state index is 12.0. The number of amides is 1. The molecule has 1 aromatic carbocycles. The molecule has 25 heavy (non-hydrogen) atoms. The normalized spacial score (nSPS) is 11.0. The molecule has 2 N–H and O–H groups in total. The third-order valence-electron chi connectivity index (χ3n) is 3.45. The van der Waals surface area contributed by atoms with Gasteiger partial charge in [0, 0.05) is 24.8 Å². The molecule has 0 aliphatic heterocycles. The number of aryl methyl sites for hydroxylation is 1. The molecule has 2 heterocycles. The number of rotatable bonds is 7. The smallest absolute Gasteiger partial charge is 0.248 e. The fourth-order valence-electron chi connectivity index (χ4n) is 2.30. The van der Waals surface area contributed by atoms with E-state index in [0.29, 0.717) is 24.1 Å². The lowest BCUT2D eigenvalue weighted by Crippen LogP contribution is -2.13. The molecular weight excluding hydrogens is 320 g/mol. The van der Waals surface area contributed by atoms with E-state index in [-0.39, 0.29) is 18.3 Å². The lowest BCUT2D eigenvalue weighted by atomic mass is 10.1. The Labute approximate surface area is 145 Å². The van der Waals surface area contributed by atoms with Crippen LogP contribution >= 0.6 is 0 Å². The van der Waals surface area contributed by atoms with Gasteiger partial charge in [-0.05, 0) is 5.92 Å². The molecule has 0 radical (unpaired) electrons. The van der Waals surface area contributed by atoms with Crippen LogP contribution in [0.1, 0.15) is 32.0 Å². The second-order valence-electron chi connectivity index (χ2n) is 6.13. The van der Waals surface area contributed by atoms with Gasteiger partial charge in [0.2, 0.25) is 23.6 Å². The molecule has 0 bridgehead atoms. The van der Waals surface area contributed by atoms with Gasteiger partial charge in [0.05, 0.1) is 0 Å². The Hall–Kier alpha value is -3.03. The molecule has 0 aliphatic carbocycles. The van der Waals surface area contributed by atoms with Gasteiger partial charge in [-0.2, -0.15) is 9.97 Å². The maximum Gasteiger partial charge on any atom is 0.248 e. The van der Waals surface area contributed by atoms with Crippen LogP contribution in [0.25, 0.3) is 11.4 Å². The Morgan fingerprint density at radius 3 is 2.80 bits per heavy atom. The van der Waals surface area contributed by atoms with Gasteiger partial charge in [-0.15, -0.1) is 5.10 Å². The molecule has 3 rings (SSSR count). The summed E-state index contributed by atoms with van der Waals surface area (Å²) in [6.45, 7) is 4.18. The second-order valence-corrected chi connectivity index (χ2v) is 6.13. The van der Waals surface area contributed by atoms with E-state index >= 15 is 0 Å². The van der Waals surface area contributed by atoms with Crippen molar-refractivity contribution >= 4 is 11.9 Å². The van der Waals surface area contributed by atoms with Gasteiger partial charge in [0.15, 0.2) is 0 Å². The number of nitrogens with zero attached hydrogens (tertiary/aromatic N) is 4. The minimum Gasteiger partial charge on any atom is -0.339 e. The van der Waals surface area contributed by atoms with Crippen LogP contribution in [0.15, 0.2) is 34.9 Å². The van der Waals surface area contributed by atoms with E-state index in [9.17, 15) is 4.79 Å². The lowest BCUT2D eigenvalue weighted by Gasteiger charge is -1.99. The predicted octanol–water partition coefficient (Wildman–Crippen LogP) is 2.62. The monoisotopic (exact) mass is 340 g/mol. The van der Waals surface area contributed by atoms with Gasteiger partial charge in [-0.3, -0.25) is 15.2 Å². The average molecular weight is 340 g/mol. The lowest BCUT2D eigenvalue weighted by molar-refractivity contribution is -0.116. The van der Waals surface area contributed by atoms with Crippen LogP contribution in [0.2, 0.25) is 0 Å². The Kier molecular flexibility index (Phi) is 5.17. The molecule has 0 saturated heterocycles. The van der Waals surface area contributed by atoms with Crippen LogP contribution in [0.4, 0.5) is 5.95 Å². The molecule has 0 saturated carbocycles. The quantitative estimate of drug-likeness (QED) is 0.684. The van der Waals surface area contributed by atoms with Crippen molar-refractivity contribution in [1.82, 2.24) is 25.3 Å². The van der Waals surface area contributed by atoms with Gasteiger partial charge >= 0.3 is 0 Å². The fourth-order valence-corrected chi connectivity index (χ4v) is 2.30. The molecular formula is C17H20N6O2. The molecule has 130 valence electrons. The van der Waals surface area contributed by atoms with Crippen molar-refractivity contribution in [2.75, 3.05) is 5.32 Å². The number of hydrogen-bond donors (Lipinski definition) is 2. The number of nitrogens with one attached hydrogen (secondary N) is 2. The van der Waals surface area contributed by atoms with Crippen molar-refractivity contribution in [2.24, 2.45) is 5.92 Å². The summed E-state index contributed by atoms with van der Waals surface area (Å²) in [6.07, 6.45) is 1.35. The molecule has 0 atom stereocenters. The highest BCUT2D eigenvalue weighted by Crippen LogP contribution is 2.15. The summed E-state index contributed by atoms with van der Waals surface area (Å²) in [6, 6.07) is 9.54. The molecule has 0 aliphatic rings. The van der Waals surface area contributed by atoms with Crippen molar-refractivity contribution in [3.8, 4) is 11.4 Å². The van der Waals surface area contributed by atoms with Gasteiger partial charge in [0.25, 0.3) is 0 Å². The Morgan fingerprint density at radius 1 is 1.24 bits per heavy atom.